The minimum Gasteiger partial charge on any atom is -0.388 e. The van der Waals surface area contributed by atoms with Gasteiger partial charge >= 0.3 is 7.82 Å². The normalized spacial score (nSPS) is 16.3. The van der Waals surface area contributed by atoms with E-state index >= 15 is 0 Å². The number of aliphatic hydroxyl groups is 2. The zero-order chi connectivity index (χ0) is 11.5. The monoisotopic (exact) mass is 238 g/mol. The molecule has 1 aromatic heterocycles. The lowest BCUT2D eigenvalue weighted by Gasteiger charge is -2.16. The van der Waals surface area contributed by atoms with Gasteiger partial charge in [0.1, 0.15) is 12.2 Å². The average Bonchev–Trinajstić information content (AvgIpc) is 2.64. The maximum absolute atomic E-state index is 10.3. The molecule has 2 atom stereocenters. The fourth-order valence-electron chi connectivity index (χ4n) is 0.900. The molecular weight excluding hydrogens is 227 g/mol. The minimum atomic E-state index is -4.63. The molecule has 5 N–H and O–H groups in total. The van der Waals surface area contributed by atoms with Crippen LogP contribution in [0.25, 0.3) is 0 Å². The Hall–Kier alpha value is -0.760. The molecule has 0 saturated heterocycles. The molecule has 9 heteroatoms. The SMILES string of the molecule is O=P(O)(O)OC[C@H](O)[C@H](O)c1cnc[nH]1. The van der Waals surface area contributed by atoms with Crippen LogP contribution in [-0.2, 0) is 9.09 Å². The van der Waals surface area contributed by atoms with Crippen LogP contribution in [0.4, 0.5) is 0 Å². The Morgan fingerprint density at radius 3 is 2.67 bits per heavy atom. The molecule has 0 amide bonds. The van der Waals surface area contributed by atoms with Crippen LogP contribution >= 0.6 is 7.82 Å². The summed E-state index contributed by atoms with van der Waals surface area (Å²) in [5.74, 6) is 0. The molecule has 1 heterocycles. The van der Waals surface area contributed by atoms with Gasteiger partial charge in [-0.1, -0.05) is 0 Å². The van der Waals surface area contributed by atoms with Gasteiger partial charge in [-0.25, -0.2) is 9.55 Å². The van der Waals surface area contributed by atoms with Crippen molar-refractivity contribution in [3.63, 3.8) is 0 Å². The van der Waals surface area contributed by atoms with Gasteiger partial charge in [-0.3, -0.25) is 4.52 Å². The first kappa shape index (κ1) is 12.3. The summed E-state index contributed by atoms with van der Waals surface area (Å²) < 4.78 is 14.3. The Morgan fingerprint density at radius 1 is 1.53 bits per heavy atom. The smallest absolute Gasteiger partial charge is 0.388 e. The van der Waals surface area contributed by atoms with Crippen molar-refractivity contribution in [3.8, 4) is 0 Å². The van der Waals surface area contributed by atoms with Gasteiger partial charge < -0.3 is 25.0 Å². The number of aromatic amines is 1. The molecule has 1 aromatic rings. The number of hydrogen-bond donors (Lipinski definition) is 5. The van der Waals surface area contributed by atoms with Gasteiger partial charge in [-0.15, -0.1) is 0 Å². The van der Waals surface area contributed by atoms with Crippen LogP contribution < -0.4 is 0 Å². The van der Waals surface area contributed by atoms with Crippen molar-refractivity contribution in [2.24, 2.45) is 0 Å². The van der Waals surface area contributed by atoms with Crippen LogP contribution in [0.3, 0.4) is 0 Å². The minimum absolute atomic E-state index is 0.233. The molecule has 0 aromatic carbocycles. The van der Waals surface area contributed by atoms with Gasteiger partial charge in [0.05, 0.1) is 24.8 Å². The number of rotatable bonds is 5. The summed E-state index contributed by atoms with van der Waals surface area (Å²) in [5.41, 5.74) is 0.233. The predicted molar refractivity (Wildman–Crippen MR) is 47.6 cm³/mol. The first-order valence-electron chi connectivity index (χ1n) is 3.94. The molecule has 8 nitrogen and oxygen atoms in total. The summed E-state index contributed by atoms with van der Waals surface area (Å²) in [5, 5.41) is 18.7. The molecular formula is C6H11N2O6P. The second-order valence-electron chi connectivity index (χ2n) is 2.81. The van der Waals surface area contributed by atoms with E-state index in [1.807, 2.05) is 0 Å². The van der Waals surface area contributed by atoms with E-state index in [9.17, 15) is 14.8 Å². The first-order valence-corrected chi connectivity index (χ1v) is 5.47. The van der Waals surface area contributed by atoms with Crippen molar-refractivity contribution >= 4 is 7.82 Å². The Morgan fingerprint density at radius 2 is 2.20 bits per heavy atom. The van der Waals surface area contributed by atoms with Crippen LogP contribution in [0.2, 0.25) is 0 Å². The van der Waals surface area contributed by atoms with Crippen LogP contribution in [0, 0.1) is 0 Å². The zero-order valence-electron chi connectivity index (χ0n) is 7.52. The highest BCUT2D eigenvalue weighted by Crippen LogP contribution is 2.36. The molecule has 0 spiro atoms. The van der Waals surface area contributed by atoms with E-state index in [0.717, 1.165) is 0 Å². The number of aromatic nitrogens is 2. The quantitative estimate of drug-likeness (QED) is 0.411. The molecule has 0 saturated carbocycles. The number of nitrogens with one attached hydrogen (secondary N) is 1. The lowest BCUT2D eigenvalue weighted by Crippen LogP contribution is -2.23. The van der Waals surface area contributed by atoms with E-state index in [-0.39, 0.29) is 5.69 Å². The Labute approximate surface area is 84.8 Å². The van der Waals surface area contributed by atoms with Gasteiger partial charge in [0.25, 0.3) is 0 Å². The average molecular weight is 238 g/mol. The summed E-state index contributed by atoms with van der Waals surface area (Å²) in [6.07, 6.45) is -0.197. The van der Waals surface area contributed by atoms with Crippen LogP contribution in [0.5, 0.6) is 0 Å². The Kier molecular flexibility index (Phi) is 3.97. The summed E-state index contributed by atoms with van der Waals surface area (Å²) in [4.78, 5) is 22.9. The summed E-state index contributed by atoms with van der Waals surface area (Å²) in [6, 6.07) is 0. The number of H-pyrrole nitrogens is 1. The first-order chi connectivity index (χ1) is 6.90. The van der Waals surface area contributed by atoms with Crippen LogP contribution in [-0.4, -0.2) is 42.7 Å². The molecule has 15 heavy (non-hydrogen) atoms. The van der Waals surface area contributed by atoms with Crippen molar-refractivity contribution in [1.29, 1.82) is 0 Å². The summed E-state index contributed by atoms with van der Waals surface area (Å²) in [6.45, 7) is -0.676. The number of nitrogens with zero attached hydrogens (tertiary/aromatic N) is 1. The number of imidazole rings is 1. The highest BCUT2D eigenvalue weighted by molar-refractivity contribution is 7.46. The molecule has 0 bridgehead atoms. The lowest BCUT2D eigenvalue weighted by atomic mass is 10.2. The second-order valence-corrected chi connectivity index (χ2v) is 4.04. The molecule has 0 radical (unpaired) electrons. The van der Waals surface area contributed by atoms with Gasteiger partial charge in [-0.05, 0) is 0 Å². The third-order valence-electron chi connectivity index (χ3n) is 1.62. The highest BCUT2D eigenvalue weighted by atomic mass is 31.2. The predicted octanol–water partition coefficient (Wildman–Crippen LogP) is -1.09. The Bertz CT molecular complexity index is 335. The topological polar surface area (TPSA) is 136 Å². The van der Waals surface area contributed by atoms with Gasteiger partial charge in [0.2, 0.25) is 0 Å². The van der Waals surface area contributed by atoms with Crippen molar-refractivity contribution in [1.82, 2.24) is 9.97 Å². The van der Waals surface area contributed by atoms with E-state index in [4.69, 9.17) is 9.79 Å². The molecule has 86 valence electrons. The number of aliphatic hydroxyl groups excluding tert-OH is 2. The van der Waals surface area contributed by atoms with E-state index < -0.39 is 26.6 Å². The molecule has 0 aliphatic carbocycles. The van der Waals surface area contributed by atoms with Gasteiger partial charge in [-0.2, -0.15) is 0 Å². The van der Waals surface area contributed by atoms with Crippen LogP contribution in [0.15, 0.2) is 12.5 Å². The third kappa shape index (κ3) is 4.08. The van der Waals surface area contributed by atoms with Crippen molar-refractivity contribution in [3.05, 3.63) is 18.2 Å². The lowest BCUT2D eigenvalue weighted by molar-refractivity contribution is -0.0168. The molecule has 0 aliphatic rings. The third-order valence-corrected chi connectivity index (χ3v) is 2.10. The van der Waals surface area contributed by atoms with Gasteiger partial charge in [0, 0.05) is 0 Å². The summed E-state index contributed by atoms with van der Waals surface area (Å²) in [7, 11) is -4.63. The number of phosphoric acid groups is 1. The van der Waals surface area contributed by atoms with E-state index in [1.165, 1.54) is 12.5 Å². The highest BCUT2D eigenvalue weighted by Gasteiger charge is 2.23. The maximum Gasteiger partial charge on any atom is 0.469 e. The Balaban J connectivity index is 2.47. The molecule has 0 aliphatic heterocycles. The van der Waals surface area contributed by atoms with Crippen molar-refractivity contribution in [2.75, 3.05) is 6.61 Å². The fourth-order valence-corrected chi connectivity index (χ4v) is 1.25. The maximum atomic E-state index is 10.3. The van der Waals surface area contributed by atoms with E-state index in [0.29, 0.717) is 0 Å². The standard InChI is InChI=1S/C6H11N2O6P/c9-5(2-14-15(11,12)13)6(10)4-1-7-3-8-4/h1,3,5-6,9-10H,2H2,(H,7,8)(H2,11,12,13)/t5-,6+/m0/s1. The molecule has 0 unspecified atom stereocenters. The largest absolute Gasteiger partial charge is 0.469 e. The van der Waals surface area contributed by atoms with E-state index in [1.54, 1.807) is 0 Å². The second kappa shape index (κ2) is 4.84. The summed E-state index contributed by atoms with van der Waals surface area (Å²) >= 11 is 0. The van der Waals surface area contributed by atoms with Crippen LogP contribution in [0.1, 0.15) is 11.8 Å². The number of phosphoric ester groups is 1. The molecule has 0 fully saturated rings. The fraction of sp³-hybridized carbons (Fsp3) is 0.500. The number of hydrogen-bond acceptors (Lipinski definition) is 5. The van der Waals surface area contributed by atoms with Crippen molar-refractivity contribution in [2.45, 2.75) is 12.2 Å². The van der Waals surface area contributed by atoms with E-state index in [2.05, 4.69) is 14.5 Å². The molecule has 1 rings (SSSR count). The zero-order valence-corrected chi connectivity index (χ0v) is 8.41. The van der Waals surface area contributed by atoms with Gasteiger partial charge in [0.15, 0.2) is 0 Å². The van der Waals surface area contributed by atoms with Crippen molar-refractivity contribution < 1.29 is 29.1 Å².